The zero-order chi connectivity index (χ0) is 14.5. The number of likely N-dealkylation sites (tertiary alicyclic amines) is 1. The van der Waals surface area contributed by atoms with Crippen molar-refractivity contribution in [1.29, 1.82) is 0 Å². The van der Waals surface area contributed by atoms with E-state index in [2.05, 4.69) is 36.2 Å². The maximum absolute atomic E-state index is 5.79. The van der Waals surface area contributed by atoms with Crippen LogP contribution in [0.25, 0.3) is 0 Å². The van der Waals surface area contributed by atoms with Gasteiger partial charge in [-0.25, -0.2) is 0 Å². The molecule has 3 nitrogen and oxygen atoms in total. The Morgan fingerprint density at radius 2 is 2.10 bits per heavy atom. The molecule has 0 atom stereocenters. The average Bonchev–Trinajstić information content (AvgIpc) is 2.45. The van der Waals surface area contributed by atoms with E-state index < -0.39 is 0 Å². The van der Waals surface area contributed by atoms with Crippen LogP contribution < -0.4 is 11.1 Å². The number of aryl methyl sites for hydroxylation is 1. The SMILES string of the molecule is CCN1CCC(CNc2cc(C)ccc2C(N)=S)CC1. The first-order chi connectivity index (χ1) is 9.60. The molecule has 1 aliphatic rings. The number of piperidine rings is 1. The van der Waals surface area contributed by atoms with Gasteiger partial charge in [0.05, 0.1) is 0 Å². The second-order valence-corrected chi connectivity index (χ2v) is 6.11. The van der Waals surface area contributed by atoms with Gasteiger partial charge in [-0.1, -0.05) is 25.2 Å². The van der Waals surface area contributed by atoms with Crippen LogP contribution in [0, 0.1) is 12.8 Å². The summed E-state index contributed by atoms with van der Waals surface area (Å²) in [5.41, 5.74) is 9.06. The van der Waals surface area contributed by atoms with E-state index in [1.54, 1.807) is 0 Å². The van der Waals surface area contributed by atoms with Gasteiger partial charge in [0.25, 0.3) is 0 Å². The fourth-order valence-electron chi connectivity index (χ4n) is 2.78. The average molecular weight is 291 g/mol. The van der Waals surface area contributed by atoms with Crippen molar-refractivity contribution in [1.82, 2.24) is 4.90 Å². The van der Waals surface area contributed by atoms with E-state index >= 15 is 0 Å². The maximum atomic E-state index is 5.79. The van der Waals surface area contributed by atoms with Crippen LogP contribution in [0.2, 0.25) is 0 Å². The van der Waals surface area contributed by atoms with Crippen LogP contribution >= 0.6 is 12.2 Å². The lowest BCUT2D eigenvalue weighted by Crippen LogP contribution is -2.35. The van der Waals surface area contributed by atoms with Gasteiger partial charge in [0, 0.05) is 17.8 Å². The van der Waals surface area contributed by atoms with Crippen LogP contribution in [0.3, 0.4) is 0 Å². The molecule has 0 bridgehead atoms. The number of benzene rings is 1. The van der Waals surface area contributed by atoms with E-state index in [1.165, 1.54) is 38.0 Å². The smallest absolute Gasteiger partial charge is 0.106 e. The fraction of sp³-hybridized carbons (Fsp3) is 0.562. The molecule has 1 aromatic carbocycles. The molecule has 0 radical (unpaired) electrons. The normalized spacial score (nSPS) is 17.1. The topological polar surface area (TPSA) is 41.3 Å². The number of nitrogens with zero attached hydrogens (tertiary/aromatic N) is 1. The standard InChI is InChI=1S/C16H25N3S/c1-3-19-8-6-13(7-9-19)11-18-15-10-12(2)4-5-14(15)16(17)20/h4-5,10,13,18H,3,6-9,11H2,1-2H3,(H2,17,20). The van der Waals surface area contributed by atoms with Gasteiger partial charge in [-0.2, -0.15) is 0 Å². The van der Waals surface area contributed by atoms with Crippen molar-refractivity contribution in [2.45, 2.75) is 26.7 Å². The summed E-state index contributed by atoms with van der Waals surface area (Å²) in [7, 11) is 0. The number of nitrogens with two attached hydrogens (primary N) is 1. The molecule has 1 aromatic rings. The number of nitrogens with one attached hydrogen (secondary N) is 1. The molecule has 1 heterocycles. The summed E-state index contributed by atoms with van der Waals surface area (Å²) in [4.78, 5) is 2.98. The number of rotatable bonds is 5. The maximum Gasteiger partial charge on any atom is 0.106 e. The molecule has 0 aromatic heterocycles. The summed E-state index contributed by atoms with van der Waals surface area (Å²) in [6.07, 6.45) is 2.55. The van der Waals surface area contributed by atoms with Gasteiger partial charge in [-0.3, -0.25) is 0 Å². The summed E-state index contributed by atoms with van der Waals surface area (Å²) in [5, 5.41) is 3.55. The quantitative estimate of drug-likeness (QED) is 0.819. The van der Waals surface area contributed by atoms with Crippen molar-refractivity contribution >= 4 is 22.9 Å². The van der Waals surface area contributed by atoms with Gasteiger partial charge in [-0.05, 0) is 63.0 Å². The molecule has 1 saturated heterocycles. The van der Waals surface area contributed by atoms with Crippen LogP contribution in [0.1, 0.15) is 30.9 Å². The van der Waals surface area contributed by atoms with Crippen molar-refractivity contribution in [3.8, 4) is 0 Å². The molecule has 0 amide bonds. The van der Waals surface area contributed by atoms with Gasteiger partial charge in [-0.15, -0.1) is 0 Å². The van der Waals surface area contributed by atoms with Crippen molar-refractivity contribution in [3.63, 3.8) is 0 Å². The van der Waals surface area contributed by atoms with E-state index in [4.69, 9.17) is 18.0 Å². The molecule has 3 N–H and O–H groups in total. The number of hydrogen-bond acceptors (Lipinski definition) is 3. The minimum atomic E-state index is 0.466. The minimum Gasteiger partial charge on any atom is -0.389 e. The third-order valence-electron chi connectivity index (χ3n) is 4.18. The Balaban J connectivity index is 1.94. The Bertz CT molecular complexity index is 465. The fourth-order valence-corrected chi connectivity index (χ4v) is 2.96. The van der Waals surface area contributed by atoms with Gasteiger partial charge >= 0.3 is 0 Å². The molecule has 1 fully saturated rings. The van der Waals surface area contributed by atoms with Gasteiger partial charge in [0.1, 0.15) is 4.99 Å². The van der Waals surface area contributed by atoms with Gasteiger partial charge in [0.15, 0.2) is 0 Å². The molecular formula is C16H25N3S. The molecular weight excluding hydrogens is 266 g/mol. The predicted molar refractivity (Wildman–Crippen MR) is 90.4 cm³/mol. The van der Waals surface area contributed by atoms with Crippen molar-refractivity contribution < 1.29 is 0 Å². The molecule has 0 spiro atoms. The van der Waals surface area contributed by atoms with Gasteiger partial charge < -0.3 is 16.0 Å². The van der Waals surface area contributed by atoms with Crippen molar-refractivity contribution in [2.75, 3.05) is 31.5 Å². The molecule has 2 rings (SSSR count). The summed E-state index contributed by atoms with van der Waals surface area (Å²) in [6.45, 7) is 8.95. The second kappa shape index (κ2) is 7.04. The number of thiocarbonyl (C=S) groups is 1. The molecule has 110 valence electrons. The lowest BCUT2D eigenvalue weighted by Gasteiger charge is -2.31. The third kappa shape index (κ3) is 3.93. The largest absolute Gasteiger partial charge is 0.389 e. The first kappa shape index (κ1) is 15.3. The summed E-state index contributed by atoms with van der Waals surface area (Å²) in [6, 6.07) is 6.20. The Morgan fingerprint density at radius 3 is 2.70 bits per heavy atom. The zero-order valence-corrected chi connectivity index (χ0v) is 13.3. The molecule has 0 unspecified atom stereocenters. The first-order valence-electron chi connectivity index (χ1n) is 7.46. The minimum absolute atomic E-state index is 0.466. The molecule has 0 saturated carbocycles. The van der Waals surface area contributed by atoms with Crippen molar-refractivity contribution in [2.24, 2.45) is 11.7 Å². The van der Waals surface area contributed by atoms with Crippen LogP contribution in [0.4, 0.5) is 5.69 Å². The monoisotopic (exact) mass is 291 g/mol. The third-order valence-corrected chi connectivity index (χ3v) is 4.40. The Labute approximate surface area is 127 Å². The van der Waals surface area contributed by atoms with Gasteiger partial charge in [0.2, 0.25) is 0 Å². The Hall–Kier alpha value is -1.13. The highest BCUT2D eigenvalue weighted by atomic mass is 32.1. The second-order valence-electron chi connectivity index (χ2n) is 5.67. The van der Waals surface area contributed by atoms with E-state index in [-0.39, 0.29) is 0 Å². The molecule has 4 heteroatoms. The van der Waals surface area contributed by atoms with E-state index in [0.717, 1.165) is 23.7 Å². The summed E-state index contributed by atoms with van der Waals surface area (Å²) >= 11 is 5.13. The van der Waals surface area contributed by atoms with Crippen LogP contribution in [-0.4, -0.2) is 36.1 Å². The molecule has 0 aliphatic carbocycles. The van der Waals surface area contributed by atoms with Crippen LogP contribution in [-0.2, 0) is 0 Å². The zero-order valence-electron chi connectivity index (χ0n) is 12.5. The Morgan fingerprint density at radius 1 is 1.40 bits per heavy atom. The van der Waals surface area contributed by atoms with Crippen molar-refractivity contribution in [3.05, 3.63) is 29.3 Å². The highest BCUT2D eigenvalue weighted by molar-refractivity contribution is 7.80. The highest BCUT2D eigenvalue weighted by Gasteiger charge is 2.18. The summed E-state index contributed by atoms with van der Waals surface area (Å²) in [5.74, 6) is 0.748. The van der Waals surface area contributed by atoms with E-state index in [1.807, 2.05) is 6.07 Å². The lowest BCUT2D eigenvalue weighted by atomic mass is 9.96. The highest BCUT2D eigenvalue weighted by Crippen LogP contribution is 2.21. The molecule has 1 aliphatic heterocycles. The van der Waals surface area contributed by atoms with E-state index in [0.29, 0.717) is 4.99 Å². The molecule has 20 heavy (non-hydrogen) atoms. The van der Waals surface area contributed by atoms with E-state index in [9.17, 15) is 0 Å². The lowest BCUT2D eigenvalue weighted by molar-refractivity contribution is 0.198. The predicted octanol–water partition coefficient (Wildman–Crippen LogP) is 2.77. The summed E-state index contributed by atoms with van der Waals surface area (Å²) < 4.78 is 0. The first-order valence-corrected chi connectivity index (χ1v) is 7.87. The Kier molecular flexibility index (Phi) is 5.38. The van der Waals surface area contributed by atoms with Crippen LogP contribution in [0.15, 0.2) is 18.2 Å². The number of anilines is 1. The number of hydrogen-bond donors (Lipinski definition) is 2. The van der Waals surface area contributed by atoms with Crippen LogP contribution in [0.5, 0.6) is 0 Å².